The molecule has 0 aromatic rings. The molecule has 23 heavy (non-hydrogen) atoms. The number of carbonyl (C=O) groups excluding carboxylic acids is 1. The van der Waals surface area contributed by atoms with Crippen molar-refractivity contribution >= 4 is 5.78 Å². The summed E-state index contributed by atoms with van der Waals surface area (Å²) in [5.74, 6) is 1.31. The Morgan fingerprint density at radius 2 is 1.22 bits per heavy atom. The lowest BCUT2D eigenvalue weighted by Crippen LogP contribution is -2.27. The molecule has 0 radical (unpaired) electrons. The molecule has 0 N–H and O–H groups in total. The molecule has 0 spiro atoms. The summed E-state index contributed by atoms with van der Waals surface area (Å²) in [6, 6.07) is 0. The predicted octanol–water partition coefficient (Wildman–Crippen LogP) is 7.72. The van der Waals surface area contributed by atoms with Gasteiger partial charge in [0.25, 0.3) is 0 Å². The Kier molecular flexibility index (Phi) is 13.8. The number of Topliss-reactive ketones (excluding diaryl/α,β-unsaturated/α-hetero) is 1. The first-order valence-electron chi connectivity index (χ1n) is 10.6. The largest absolute Gasteiger partial charge is 0.299 e. The minimum Gasteiger partial charge on any atom is -0.299 e. The van der Waals surface area contributed by atoms with Gasteiger partial charge in [-0.25, -0.2) is 0 Å². The average Bonchev–Trinajstić information content (AvgIpc) is 2.55. The summed E-state index contributed by atoms with van der Waals surface area (Å²) in [6.45, 7) is 10.8. The number of unbranched alkanes of at least 4 members (excludes halogenated alkanes) is 5. The third kappa shape index (κ3) is 9.52. The minimum absolute atomic E-state index is 0.0316. The van der Waals surface area contributed by atoms with Gasteiger partial charge in [-0.2, -0.15) is 0 Å². The van der Waals surface area contributed by atoms with Crippen LogP contribution in [-0.2, 0) is 4.79 Å². The molecule has 0 aliphatic heterocycles. The fourth-order valence-corrected chi connectivity index (χ4v) is 3.98. The third-order valence-corrected chi connectivity index (χ3v) is 6.05. The van der Waals surface area contributed by atoms with Crippen molar-refractivity contribution in [3.8, 4) is 0 Å². The molecule has 0 fully saturated rings. The van der Waals surface area contributed by atoms with Gasteiger partial charge in [0.05, 0.1) is 0 Å². The summed E-state index contributed by atoms with van der Waals surface area (Å²) in [4.78, 5) is 12.1. The molecule has 0 saturated carbocycles. The van der Waals surface area contributed by atoms with E-state index in [1.54, 1.807) is 6.92 Å². The van der Waals surface area contributed by atoms with Crippen molar-refractivity contribution in [3.63, 3.8) is 0 Å². The second kappa shape index (κ2) is 14.1. The molecule has 0 rings (SSSR count). The van der Waals surface area contributed by atoms with Crippen LogP contribution in [0.5, 0.6) is 0 Å². The van der Waals surface area contributed by atoms with Crippen LogP contribution in [0.15, 0.2) is 0 Å². The maximum atomic E-state index is 12.1. The van der Waals surface area contributed by atoms with Crippen molar-refractivity contribution in [2.45, 2.75) is 125 Å². The van der Waals surface area contributed by atoms with Crippen LogP contribution < -0.4 is 0 Å². The van der Waals surface area contributed by atoms with Crippen LogP contribution >= 0.6 is 0 Å². The van der Waals surface area contributed by atoms with Gasteiger partial charge >= 0.3 is 0 Å². The summed E-state index contributed by atoms with van der Waals surface area (Å²) in [7, 11) is 0. The normalized spacial score (nSPS) is 13.3. The monoisotopic (exact) mass is 324 g/mol. The van der Waals surface area contributed by atoms with E-state index in [1.165, 1.54) is 70.6 Å². The van der Waals surface area contributed by atoms with Gasteiger partial charge < -0.3 is 0 Å². The molecule has 0 saturated heterocycles. The first kappa shape index (κ1) is 22.7. The Balaban J connectivity index is 4.30. The minimum atomic E-state index is -0.0316. The van der Waals surface area contributed by atoms with Crippen molar-refractivity contribution in [3.05, 3.63) is 0 Å². The Labute approximate surface area is 147 Å². The first-order valence-corrected chi connectivity index (χ1v) is 10.6. The highest BCUT2D eigenvalue weighted by Gasteiger charge is 2.30. The molecule has 1 atom stereocenters. The fraction of sp³-hybridized carbons (Fsp3) is 0.955. The van der Waals surface area contributed by atoms with Gasteiger partial charge in [0.2, 0.25) is 0 Å². The van der Waals surface area contributed by atoms with Crippen LogP contribution in [0, 0.1) is 11.3 Å². The molecule has 0 aromatic heterocycles. The summed E-state index contributed by atoms with van der Waals surface area (Å²) < 4.78 is 0. The Morgan fingerprint density at radius 3 is 1.70 bits per heavy atom. The topological polar surface area (TPSA) is 17.1 Å². The summed E-state index contributed by atoms with van der Waals surface area (Å²) in [5.41, 5.74) is -0.0316. The van der Waals surface area contributed by atoms with E-state index in [4.69, 9.17) is 0 Å². The molecule has 0 heterocycles. The van der Waals surface area contributed by atoms with Gasteiger partial charge in [0.1, 0.15) is 5.78 Å². The molecule has 0 aromatic carbocycles. The van der Waals surface area contributed by atoms with E-state index in [9.17, 15) is 4.79 Å². The lowest BCUT2D eigenvalue weighted by molar-refractivity contribution is -0.127. The Hall–Kier alpha value is -0.330. The Morgan fingerprint density at radius 1 is 0.739 bits per heavy atom. The van der Waals surface area contributed by atoms with Gasteiger partial charge in [-0.15, -0.1) is 0 Å². The molecular formula is C22H44O. The molecule has 1 heteroatoms. The van der Waals surface area contributed by atoms with Crippen molar-refractivity contribution < 1.29 is 4.79 Å². The highest BCUT2D eigenvalue weighted by molar-refractivity contribution is 5.82. The second-order valence-electron chi connectivity index (χ2n) is 7.65. The van der Waals surface area contributed by atoms with Gasteiger partial charge in [0, 0.05) is 5.41 Å². The van der Waals surface area contributed by atoms with Crippen LogP contribution in [0.4, 0.5) is 0 Å². The zero-order valence-corrected chi connectivity index (χ0v) is 16.9. The first-order chi connectivity index (χ1) is 11.1. The molecule has 0 aliphatic carbocycles. The fourth-order valence-electron chi connectivity index (χ4n) is 3.98. The van der Waals surface area contributed by atoms with E-state index in [0.29, 0.717) is 5.78 Å². The Bertz CT molecular complexity index is 278. The van der Waals surface area contributed by atoms with Crippen LogP contribution in [0.25, 0.3) is 0 Å². The lowest BCUT2D eigenvalue weighted by Gasteiger charge is -2.29. The summed E-state index contributed by atoms with van der Waals surface area (Å²) >= 11 is 0. The smallest absolute Gasteiger partial charge is 0.135 e. The number of ketones is 1. The highest BCUT2D eigenvalue weighted by Crippen LogP contribution is 2.35. The second-order valence-corrected chi connectivity index (χ2v) is 7.65. The SMILES string of the molecule is CCCCCCC(CCCCC)CCCC(CC)(CC)C(C)=O. The van der Waals surface area contributed by atoms with Gasteiger partial charge in [0.15, 0.2) is 0 Å². The molecule has 1 nitrogen and oxygen atoms in total. The van der Waals surface area contributed by atoms with Gasteiger partial charge in [-0.05, 0) is 32.1 Å². The number of rotatable bonds is 16. The molecule has 0 amide bonds. The average molecular weight is 325 g/mol. The zero-order valence-electron chi connectivity index (χ0n) is 16.9. The van der Waals surface area contributed by atoms with Crippen LogP contribution in [0.3, 0.4) is 0 Å². The highest BCUT2D eigenvalue weighted by atomic mass is 16.1. The van der Waals surface area contributed by atoms with E-state index in [1.807, 2.05) is 0 Å². The van der Waals surface area contributed by atoms with Gasteiger partial charge in [-0.3, -0.25) is 4.79 Å². The van der Waals surface area contributed by atoms with E-state index in [-0.39, 0.29) is 5.41 Å². The molecule has 0 bridgehead atoms. The third-order valence-electron chi connectivity index (χ3n) is 6.05. The maximum absolute atomic E-state index is 12.1. The van der Waals surface area contributed by atoms with Crippen molar-refractivity contribution in [2.24, 2.45) is 11.3 Å². The number of carbonyl (C=O) groups is 1. The summed E-state index contributed by atoms with van der Waals surface area (Å²) in [5, 5.41) is 0. The van der Waals surface area contributed by atoms with Gasteiger partial charge in [-0.1, -0.05) is 98.3 Å². The summed E-state index contributed by atoms with van der Waals surface area (Å²) in [6.07, 6.45) is 18.2. The van der Waals surface area contributed by atoms with E-state index in [2.05, 4.69) is 27.7 Å². The quantitative estimate of drug-likeness (QED) is 0.266. The predicted molar refractivity (Wildman–Crippen MR) is 104 cm³/mol. The molecular weight excluding hydrogens is 280 g/mol. The van der Waals surface area contributed by atoms with E-state index < -0.39 is 0 Å². The lowest BCUT2D eigenvalue weighted by atomic mass is 9.74. The van der Waals surface area contributed by atoms with Crippen LogP contribution in [-0.4, -0.2) is 5.78 Å². The molecule has 138 valence electrons. The van der Waals surface area contributed by atoms with Crippen LogP contribution in [0.1, 0.15) is 125 Å². The van der Waals surface area contributed by atoms with Crippen molar-refractivity contribution in [2.75, 3.05) is 0 Å². The standard InChI is InChI=1S/C22H44O/c1-6-10-12-14-17-21(16-13-11-7-2)18-15-19-22(8-3,9-4)20(5)23/h21H,6-19H2,1-5H3. The van der Waals surface area contributed by atoms with Crippen molar-refractivity contribution in [1.82, 2.24) is 0 Å². The van der Waals surface area contributed by atoms with E-state index in [0.717, 1.165) is 25.2 Å². The zero-order chi connectivity index (χ0) is 17.6. The van der Waals surface area contributed by atoms with E-state index >= 15 is 0 Å². The van der Waals surface area contributed by atoms with Crippen LogP contribution in [0.2, 0.25) is 0 Å². The number of hydrogen-bond donors (Lipinski definition) is 0. The number of hydrogen-bond acceptors (Lipinski definition) is 1. The molecule has 1 unspecified atom stereocenters. The van der Waals surface area contributed by atoms with Crippen molar-refractivity contribution in [1.29, 1.82) is 0 Å². The molecule has 0 aliphatic rings. The maximum Gasteiger partial charge on any atom is 0.135 e.